The summed E-state index contributed by atoms with van der Waals surface area (Å²) in [5, 5.41) is 4.51. The monoisotopic (exact) mass is 453 g/mol. The predicted molar refractivity (Wildman–Crippen MR) is 128 cm³/mol. The maximum atomic E-state index is 14.4. The maximum Gasteiger partial charge on any atom is 0.213 e. The van der Waals surface area contributed by atoms with Crippen molar-refractivity contribution in [3.05, 3.63) is 53.3 Å². The molecule has 4 rings (SSSR count). The predicted octanol–water partition coefficient (Wildman–Crippen LogP) is 4.90. The van der Waals surface area contributed by atoms with E-state index in [2.05, 4.69) is 28.8 Å². The minimum Gasteiger partial charge on any atom is -0.326 e. The number of Topliss-reactive ketones (excluding diaryl/α,β-unsaturated/α-hetero) is 1. The van der Waals surface area contributed by atoms with Crippen LogP contribution in [0.5, 0.6) is 0 Å². The van der Waals surface area contributed by atoms with Crippen LogP contribution in [-0.4, -0.2) is 44.9 Å². The first-order chi connectivity index (χ1) is 15.5. The van der Waals surface area contributed by atoms with Gasteiger partial charge in [-0.05, 0) is 68.4 Å². The Kier molecular flexibility index (Phi) is 6.93. The van der Waals surface area contributed by atoms with E-state index in [-0.39, 0.29) is 18.1 Å². The molecule has 6 nitrogen and oxygen atoms in total. The van der Waals surface area contributed by atoms with Gasteiger partial charge in [-0.15, -0.1) is 5.10 Å². The largest absolute Gasteiger partial charge is 0.326 e. The highest BCUT2D eigenvalue weighted by molar-refractivity contribution is 7.23. The molecule has 0 unspecified atom stereocenters. The molecule has 4 aromatic rings. The van der Waals surface area contributed by atoms with Crippen LogP contribution in [0, 0.1) is 5.82 Å². The number of nitrogens with zero attached hydrogens (tertiary/aromatic N) is 4. The summed E-state index contributed by atoms with van der Waals surface area (Å²) in [4.78, 5) is 20.2. The maximum absolute atomic E-state index is 14.4. The number of nitrogens with two attached hydrogens (primary N) is 1. The highest BCUT2D eigenvalue weighted by atomic mass is 32.1. The Morgan fingerprint density at radius 3 is 2.69 bits per heavy atom. The summed E-state index contributed by atoms with van der Waals surface area (Å²) in [6, 6.07) is 10.5. The van der Waals surface area contributed by atoms with E-state index in [1.807, 2.05) is 18.2 Å². The summed E-state index contributed by atoms with van der Waals surface area (Å²) >= 11 is 1.45. The summed E-state index contributed by atoms with van der Waals surface area (Å²) in [7, 11) is 0. The molecular formula is C24H28FN5OS. The summed E-state index contributed by atoms with van der Waals surface area (Å²) in [6.07, 6.45) is 2.47. The van der Waals surface area contributed by atoms with Crippen molar-refractivity contribution in [2.45, 2.75) is 39.7 Å². The lowest BCUT2D eigenvalue weighted by molar-refractivity contribution is 0.0978. The molecule has 0 saturated heterocycles. The number of ketones is 1. The third kappa shape index (κ3) is 4.57. The van der Waals surface area contributed by atoms with Crippen LogP contribution in [-0.2, 0) is 6.54 Å². The first-order valence-electron chi connectivity index (χ1n) is 11.1. The molecule has 8 heteroatoms. The van der Waals surface area contributed by atoms with Crippen molar-refractivity contribution in [1.29, 1.82) is 0 Å². The molecule has 2 aromatic carbocycles. The van der Waals surface area contributed by atoms with Gasteiger partial charge >= 0.3 is 0 Å². The van der Waals surface area contributed by atoms with Crippen molar-refractivity contribution in [1.82, 2.24) is 19.5 Å². The number of unbranched alkanes of at least 4 members (excludes halogenated alkanes) is 1. The van der Waals surface area contributed by atoms with Gasteiger partial charge in [0.05, 0.1) is 15.8 Å². The van der Waals surface area contributed by atoms with E-state index in [1.165, 1.54) is 17.4 Å². The molecule has 0 aliphatic rings. The Morgan fingerprint density at radius 1 is 1.16 bits per heavy atom. The van der Waals surface area contributed by atoms with Gasteiger partial charge in [0.1, 0.15) is 5.82 Å². The topological polar surface area (TPSA) is 76.5 Å². The Bertz CT molecular complexity index is 1240. The first kappa shape index (κ1) is 22.5. The SMILES string of the molecule is CCN(CC)CCCCC(=O)c1ccc2c(c1)sc1nc(-c3ccc(CN)cc3F)nn12. The fraction of sp³-hybridized carbons (Fsp3) is 0.375. The molecule has 0 amide bonds. The van der Waals surface area contributed by atoms with Gasteiger partial charge in [0, 0.05) is 18.5 Å². The molecule has 0 aliphatic heterocycles. The minimum absolute atomic E-state index is 0.160. The lowest BCUT2D eigenvalue weighted by Crippen LogP contribution is -2.24. The number of carbonyl (C=O) groups is 1. The van der Waals surface area contributed by atoms with Gasteiger partial charge in [-0.2, -0.15) is 4.98 Å². The number of aromatic nitrogens is 3. The van der Waals surface area contributed by atoms with Gasteiger partial charge in [0.25, 0.3) is 0 Å². The highest BCUT2D eigenvalue weighted by Gasteiger charge is 2.16. The van der Waals surface area contributed by atoms with Crippen LogP contribution < -0.4 is 5.73 Å². The number of hydrogen-bond acceptors (Lipinski definition) is 6. The summed E-state index contributed by atoms with van der Waals surface area (Å²) in [6.45, 7) is 7.72. The van der Waals surface area contributed by atoms with E-state index >= 15 is 0 Å². The van der Waals surface area contributed by atoms with Gasteiger partial charge in [0.2, 0.25) is 4.96 Å². The number of fused-ring (bicyclic) bond motifs is 3. The molecule has 2 heterocycles. The Labute approximate surface area is 190 Å². The molecule has 32 heavy (non-hydrogen) atoms. The van der Waals surface area contributed by atoms with Crippen LogP contribution in [0.1, 0.15) is 49.0 Å². The summed E-state index contributed by atoms with van der Waals surface area (Å²) in [5.41, 5.74) is 8.23. The molecule has 0 aliphatic carbocycles. The van der Waals surface area contributed by atoms with Crippen LogP contribution in [0.15, 0.2) is 36.4 Å². The van der Waals surface area contributed by atoms with E-state index in [0.29, 0.717) is 28.3 Å². The second kappa shape index (κ2) is 9.85. The number of halogens is 1. The minimum atomic E-state index is -0.385. The number of hydrogen-bond donors (Lipinski definition) is 1. The van der Waals surface area contributed by atoms with Crippen molar-refractivity contribution >= 4 is 32.3 Å². The number of carbonyl (C=O) groups excluding carboxylic acids is 1. The van der Waals surface area contributed by atoms with Crippen LogP contribution >= 0.6 is 11.3 Å². The smallest absolute Gasteiger partial charge is 0.213 e. The fourth-order valence-corrected chi connectivity index (χ4v) is 4.85. The van der Waals surface area contributed by atoms with Gasteiger partial charge in [-0.1, -0.05) is 31.3 Å². The van der Waals surface area contributed by atoms with Gasteiger partial charge in [-0.25, -0.2) is 8.91 Å². The summed E-state index contributed by atoms with van der Waals surface area (Å²) < 4.78 is 17.1. The summed E-state index contributed by atoms with van der Waals surface area (Å²) in [5.74, 6) is 0.116. The molecule has 0 bridgehead atoms. The fourth-order valence-electron chi connectivity index (χ4n) is 3.85. The average Bonchev–Trinajstić information content (AvgIpc) is 3.36. The van der Waals surface area contributed by atoms with Crippen LogP contribution in [0.2, 0.25) is 0 Å². The molecule has 0 radical (unpaired) electrons. The Balaban J connectivity index is 1.50. The van der Waals surface area contributed by atoms with Crippen molar-refractivity contribution in [2.75, 3.05) is 19.6 Å². The van der Waals surface area contributed by atoms with E-state index in [4.69, 9.17) is 5.73 Å². The zero-order valence-electron chi connectivity index (χ0n) is 18.5. The Morgan fingerprint density at radius 2 is 1.97 bits per heavy atom. The van der Waals surface area contributed by atoms with Crippen molar-refractivity contribution < 1.29 is 9.18 Å². The van der Waals surface area contributed by atoms with Crippen molar-refractivity contribution in [3.63, 3.8) is 0 Å². The van der Waals surface area contributed by atoms with E-state index in [9.17, 15) is 9.18 Å². The first-order valence-corrected chi connectivity index (χ1v) is 11.9. The zero-order valence-corrected chi connectivity index (χ0v) is 19.3. The van der Waals surface area contributed by atoms with Crippen LogP contribution in [0.3, 0.4) is 0 Å². The molecular weight excluding hydrogens is 425 g/mol. The van der Waals surface area contributed by atoms with Crippen LogP contribution in [0.4, 0.5) is 4.39 Å². The number of benzene rings is 2. The van der Waals surface area contributed by atoms with Gasteiger partial charge < -0.3 is 10.6 Å². The average molecular weight is 454 g/mol. The quantitative estimate of drug-likeness (QED) is 0.273. The molecule has 0 saturated carbocycles. The number of rotatable bonds is 10. The molecule has 168 valence electrons. The third-order valence-electron chi connectivity index (χ3n) is 5.82. The third-order valence-corrected chi connectivity index (χ3v) is 6.82. The zero-order chi connectivity index (χ0) is 22.7. The molecule has 0 atom stereocenters. The highest BCUT2D eigenvalue weighted by Crippen LogP contribution is 2.29. The van der Waals surface area contributed by atoms with Gasteiger partial charge in [0.15, 0.2) is 11.6 Å². The van der Waals surface area contributed by atoms with Gasteiger partial charge in [-0.3, -0.25) is 4.79 Å². The lowest BCUT2D eigenvalue weighted by Gasteiger charge is -2.17. The molecule has 0 fully saturated rings. The van der Waals surface area contributed by atoms with E-state index < -0.39 is 0 Å². The normalized spacial score (nSPS) is 11.8. The molecule has 2 N–H and O–H groups in total. The van der Waals surface area contributed by atoms with Crippen molar-refractivity contribution in [3.8, 4) is 11.4 Å². The van der Waals surface area contributed by atoms with Crippen LogP contribution in [0.25, 0.3) is 26.6 Å². The van der Waals surface area contributed by atoms with E-state index in [1.54, 1.807) is 16.6 Å². The lowest BCUT2D eigenvalue weighted by atomic mass is 10.1. The Hall–Kier alpha value is -2.68. The second-order valence-electron chi connectivity index (χ2n) is 7.84. The van der Waals surface area contributed by atoms with E-state index in [0.717, 1.165) is 48.3 Å². The second-order valence-corrected chi connectivity index (χ2v) is 8.85. The molecule has 0 spiro atoms. The van der Waals surface area contributed by atoms with Crippen molar-refractivity contribution in [2.24, 2.45) is 5.73 Å². The molecule has 2 aromatic heterocycles. The standard InChI is InChI=1S/C24H28FN5OS/c1-3-29(4-2)12-6-5-7-21(31)17-9-11-20-22(14-17)32-24-27-23(28-30(20)24)18-10-8-16(15-26)13-19(18)25/h8-11,13-14H,3-7,12,15,26H2,1-2H3. The number of thiazole rings is 1.